The van der Waals surface area contributed by atoms with Gasteiger partial charge in [-0.3, -0.25) is 9.59 Å². The maximum atomic E-state index is 14.1. The third-order valence-corrected chi connectivity index (χ3v) is 8.63. The van der Waals surface area contributed by atoms with E-state index in [4.69, 9.17) is 4.74 Å². The second-order valence-electron chi connectivity index (χ2n) is 11.2. The number of hydrogen-bond donors (Lipinski definition) is 1. The predicted molar refractivity (Wildman–Crippen MR) is 153 cm³/mol. The number of likely N-dealkylation sites (tertiary alicyclic amines) is 1. The number of likely N-dealkylation sites (N-methyl/N-ethyl adjacent to an activating group) is 1. The predicted octanol–water partition coefficient (Wildman–Crippen LogP) is 4.74. The number of methoxy groups -OCH3 is 1. The van der Waals surface area contributed by atoms with E-state index >= 15 is 0 Å². The van der Waals surface area contributed by atoms with Crippen molar-refractivity contribution in [3.8, 4) is 5.75 Å². The summed E-state index contributed by atoms with van der Waals surface area (Å²) in [7, 11) is 3.58. The fourth-order valence-electron chi connectivity index (χ4n) is 6.46. The molecule has 5 rings (SSSR count). The summed E-state index contributed by atoms with van der Waals surface area (Å²) in [5, 5.41) is 3.27. The van der Waals surface area contributed by atoms with Gasteiger partial charge in [0.1, 0.15) is 5.75 Å². The van der Waals surface area contributed by atoms with Crippen molar-refractivity contribution in [2.45, 2.75) is 43.7 Å². The van der Waals surface area contributed by atoms with Crippen LogP contribution in [0.2, 0.25) is 0 Å². The topological polar surface area (TPSA) is 61.9 Å². The summed E-state index contributed by atoms with van der Waals surface area (Å²) in [5.41, 5.74) is 2.48. The number of carbonyl (C=O) groups is 2. The minimum Gasteiger partial charge on any atom is -0.497 e. The summed E-state index contributed by atoms with van der Waals surface area (Å²) in [6.07, 6.45) is 2.53. The molecule has 6 heteroatoms. The highest BCUT2D eigenvalue weighted by molar-refractivity contribution is 5.92. The van der Waals surface area contributed by atoms with Gasteiger partial charge < -0.3 is 19.9 Å². The molecule has 1 aliphatic carbocycles. The van der Waals surface area contributed by atoms with Crippen LogP contribution in [0.3, 0.4) is 0 Å². The molecule has 0 aromatic heterocycles. The zero-order valence-corrected chi connectivity index (χ0v) is 23.2. The fraction of sp³-hybridized carbons (Fsp3) is 0.394. The number of nitrogens with zero attached hydrogens (tertiary/aromatic N) is 2. The van der Waals surface area contributed by atoms with Gasteiger partial charge in [0.2, 0.25) is 11.8 Å². The van der Waals surface area contributed by atoms with Gasteiger partial charge in [0.15, 0.2) is 0 Å². The molecule has 1 N–H and O–H groups in total. The zero-order valence-electron chi connectivity index (χ0n) is 23.2. The van der Waals surface area contributed by atoms with E-state index < -0.39 is 5.41 Å². The molecule has 2 amide bonds. The molecule has 1 saturated carbocycles. The highest BCUT2D eigenvalue weighted by Crippen LogP contribution is 2.56. The lowest BCUT2D eigenvalue weighted by Crippen LogP contribution is -2.53. The smallest absolute Gasteiger partial charge is 0.233 e. The van der Waals surface area contributed by atoms with Gasteiger partial charge in [0.25, 0.3) is 0 Å². The number of rotatable bonds is 9. The quantitative estimate of drug-likeness (QED) is 0.439. The molecule has 2 aliphatic rings. The van der Waals surface area contributed by atoms with Crippen LogP contribution in [0, 0.1) is 5.92 Å². The maximum Gasteiger partial charge on any atom is 0.233 e. The zero-order chi connectivity index (χ0) is 27.5. The Kier molecular flexibility index (Phi) is 7.76. The first kappa shape index (κ1) is 26.9. The Hall–Kier alpha value is -3.64. The van der Waals surface area contributed by atoms with E-state index in [1.54, 1.807) is 14.0 Å². The first-order chi connectivity index (χ1) is 18.9. The Morgan fingerprint density at radius 2 is 1.54 bits per heavy atom. The number of ether oxygens (including phenoxy) is 1. The molecule has 1 saturated heterocycles. The maximum absolute atomic E-state index is 14.1. The van der Waals surface area contributed by atoms with Crippen LogP contribution in [-0.4, -0.2) is 55.4 Å². The molecule has 39 heavy (non-hydrogen) atoms. The van der Waals surface area contributed by atoms with Crippen molar-refractivity contribution < 1.29 is 14.3 Å². The van der Waals surface area contributed by atoms with Crippen molar-refractivity contribution in [1.82, 2.24) is 15.1 Å². The standard InChI is InChI=1S/C33H39N3O3/c1-25(37)34-32(27-12-8-5-9-13-27)18-20-36(21-19-32)24-29-22-33(29,28-14-16-30(39-3)17-15-28)31(38)35(2)23-26-10-6-4-7-11-26/h4-17,29H,18-24H2,1-3H3,(H,34,37)/t29-,33+/m0/s1. The van der Waals surface area contributed by atoms with E-state index in [1.807, 2.05) is 60.5 Å². The van der Waals surface area contributed by atoms with Crippen molar-refractivity contribution in [2.75, 3.05) is 33.8 Å². The van der Waals surface area contributed by atoms with Gasteiger partial charge in [-0.15, -0.1) is 0 Å². The summed E-state index contributed by atoms with van der Waals surface area (Å²) in [6, 6.07) is 28.5. The van der Waals surface area contributed by atoms with Gasteiger partial charge in [-0.1, -0.05) is 72.8 Å². The first-order valence-corrected chi connectivity index (χ1v) is 13.9. The number of piperidine rings is 1. The summed E-state index contributed by atoms with van der Waals surface area (Å²) >= 11 is 0. The third kappa shape index (κ3) is 5.57. The Labute approximate surface area is 232 Å². The molecule has 1 aliphatic heterocycles. The van der Waals surface area contributed by atoms with Gasteiger partial charge in [0.05, 0.1) is 18.1 Å². The van der Waals surface area contributed by atoms with Crippen LogP contribution in [0.5, 0.6) is 5.75 Å². The summed E-state index contributed by atoms with van der Waals surface area (Å²) in [5.74, 6) is 1.21. The van der Waals surface area contributed by atoms with Crippen LogP contribution in [0.25, 0.3) is 0 Å². The number of nitrogens with one attached hydrogen (secondary N) is 1. The van der Waals surface area contributed by atoms with Gasteiger partial charge in [-0.05, 0) is 54.0 Å². The Morgan fingerprint density at radius 3 is 2.13 bits per heavy atom. The molecule has 1 heterocycles. The largest absolute Gasteiger partial charge is 0.497 e. The SMILES string of the molecule is COc1ccc([C@]2(C(=O)N(C)Cc3ccccc3)C[C@H]2CN2CCC(NC(C)=O)(c3ccccc3)CC2)cc1. The lowest BCUT2D eigenvalue weighted by Gasteiger charge is -2.43. The first-order valence-electron chi connectivity index (χ1n) is 13.9. The molecule has 0 unspecified atom stereocenters. The molecule has 0 radical (unpaired) electrons. The highest BCUT2D eigenvalue weighted by atomic mass is 16.5. The fourth-order valence-corrected chi connectivity index (χ4v) is 6.46. The lowest BCUT2D eigenvalue weighted by atomic mass is 9.80. The molecular formula is C33H39N3O3. The number of benzene rings is 3. The van der Waals surface area contributed by atoms with Gasteiger partial charge in [-0.25, -0.2) is 0 Å². The van der Waals surface area contributed by atoms with Crippen molar-refractivity contribution >= 4 is 11.8 Å². The molecule has 6 nitrogen and oxygen atoms in total. The molecule has 3 aromatic rings. The molecule has 3 aromatic carbocycles. The summed E-state index contributed by atoms with van der Waals surface area (Å²) < 4.78 is 5.39. The second-order valence-corrected chi connectivity index (χ2v) is 11.2. The minimum absolute atomic E-state index is 0.0000635. The van der Waals surface area contributed by atoms with Crippen molar-refractivity contribution in [1.29, 1.82) is 0 Å². The monoisotopic (exact) mass is 525 g/mol. The number of hydrogen-bond acceptors (Lipinski definition) is 4. The summed E-state index contributed by atoms with van der Waals surface area (Å²) in [4.78, 5) is 30.6. The molecule has 2 atom stereocenters. The van der Waals surface area contributed by atoms with E-state index in [2.05, 4.69) is 46.6 Å². The van der Waals surface area contributed by atoms with Crippen molar-refractivity contribution in [2.24, 2.45) is 5.92 Å². The lowest BCUT2D eigenvalue weighted by molar-refractivity contribution is -0.133. The molecule has 0 spiro atoms. The Morgan fingerprint density at radius 1 is 0.923 bits per heavy atom. The van der Waals surface area contributed by atoms with E-state index in [1.165, 1.54) is 0 Å². The van der Waals surface area contributed by atoms with Crippen LogP contribution in [0.4, 0.5) is 0 Å². The van der Waals surface area contributed by atoms with Crippen molar-refractivity contribution in [3.63, 3.8) is 0 Å². The van der Waals surface area contributed by atoms with E-state index in [9.17, 15) is 9.59 Å². The Balaban J connectivity index is 1.32. The van der Waals surface area contributed by atoms with Crippen LogP contribution in [-0.2, 0) is 27.1 Å². The van der Waals surface area contributed by atoms with E-state index in [0.29, 0.717) is 6.54 Å². The summed E-state index contributed by atoms with van der Waals surface area (Å²) in [6.45, 7) is 4.80. The molecule has 2 fully saturated rings. The van der Waals surface area contributed by atoms with E-state index in [-0.39, 0.29) is 23.3 Å². The highest BCUT2D eigenvalue weighted by Gasteiger charge is 2.62. The third-order valence-electron chi connectivity index (χ3n) is 8.63. The van der Waals surface area contributed by atoms with Crippen LogP contribution < -0.4 is 10.1 Å². The molecule has 204 valence electrons. The van der Waals surface area contributed by atoms with Crippen LogP contribution in [0.1, 0.15) is 42.9 Å². The van der Waals surface area contributed by atoms with Gasteiger partial charge >= 0.3 is 0 Å². The normalized spacial score (nSPS) is 22.1. The Bertz CT molecular complexity index is 1270. The van der Waals surface area contributed by atoms with Crippen molar-refractivity contribution in [3.05, 3.63) is 102 Å². The van der Waals surface area contributed by atoms with Crippen LogP contribution >= 0.6 is 0 Å². The van der Waals surface area contributed by atoms with E-state index in [0.717, 1.165) is 61.3 Å². The average molecular weight is 526 g/mol. The number of amides is 2. The average Bonchev–Trinajstić information content (AvgIpc) is 3.69. The van der Waals surface area contributed by atoms with Gasteiger partial charge in [0, 0.05) is 40.2 Å². The molecular weight excluding hydrogens is 486 g/mol. The molecule has 0 bridgehead atoms. The van der Waals surface area contributed by atoms with Crippen LogP contribution in [0.15, 0.2) is 84.9 Å². The number of carbonyl (C=O) groups excluding carboxylic acids is 2. The minimum atomic E-state index is -0.526. The van der Waals surface area contributed by atoms with Gasteiger partial charge in [-0.2, -0.15) is 0 Å². The second kappa shape index (κ2) is 11.2.